The molecule has 0 aliphatic heterocycles. The summed E-state index contributed by atoms with van der Waals surface area (Å²) in [6.07, 6.45) is 8.60. The molecule has 0 aliphatic carbocycles. The lowest BCUT2D eigenvalue weighted by molar-refractivity contribution is 0.0993. The van der Waals surface area contributed by atoms with Crippen molar-refractivity contribution in [2.24, 2.45) is 0 Å². The maximum atomic E-state index is 13.0. The summed E-state index contributed by atoms with van der Waals surface area (Å²) in [5.41, 5.74) is 4.59. The van der Waals surface area contributed by atoms with E-state index in [-0.39, 0.29) is 12.2 Å². The van der Waals surface area contributed by atoms with Crippen molar-refractivity contribution in [1.82, 2.24) is 24.6 Å². The Hall–Kier alpha value is -3.61. The number of aromatic nitrogens is 5. The fourth-order valence-electron chi connectivity index (χ4n) is 2.94. The molecule has 0 fully saturated rings. The number of Topliss-reactive ketones (excluding diaryl/α,β-unsaturated/α-hetero) is 1. The molecule has 0 aromatic carbocycles. The van der Waals surface area contributed by atoms with Crippen molar-refractivity contribution in [2.75, 3.05) is 7.11 Å². The van der Waals surface area contributed by atoms with E-state index >= 15 is 0 Å². The van der Waals surface area contributed by atoms with Gasteiger partial charge in [0, 0.05) is 35.4 Å². The maximum Gasteiger partial charge on any atom is 0.172 e. The third-order valence-corrected chi connectivity index (χ3v) is 4.40. The Balaban J connectivity index is 1.74. The topological polar surface area (TPSA) is 82.3 Å². The van der Waals surface area contributed by atoms with Crippen molar-refractivity contribution in [3.63, 3.8) is 0 Å². The third kappa shape index (κ3) is 3.27. The third-order valence-electron chi connectivity index (χ3n) is 4.40. The first-order valence-corrected chi connectivity index (χ1v) is 8.42. The van der Waals surface area contributed by atoms with Crippen LogP contribution in [0.5, 0.6) is 5.75 Å². The van der Waals surface area contributed by atoms with Crippen molar-refractivity contribution in [3.8, 4) is 16.9 Å². The van der Waals surface area contributed by atoms with Crippen LogP contribution in [-0.2, 0) is 6.42 Å². The average molecular weight is 359 g/mol. The zero-order valence-corrected chi connectivity index (χ0v) is 15.0. The highest BCUT2D eigenvalue weighted by atomic mass is 16.5. The normalized spacial score (nSPS) is 10.9. The molecule has 0 atom stereocenters. The van der Waals surface area contributed by atoms with Crippen LogP contribution in [0.2, 0.25) is 0 Å². The minimum atomic E-state index is -0.0749. The summed E-state index contributed by atoms with van der Waals surface area (Å²) in [4.78, 5) is 25.7. The number of pyridine rings is 3. The number of nitrogens with zero attached hydrogens (tertiary/aromatic N) is 5. The molecule has 0 radical (unpaired) electrons. The molecule has 0 spiro atoms. The van der Waals surface area contributed by atoms with Crippen molar-refractivity contribution in [3.05, 3.63) is 72.2 Å². The Morgan fingerprint density at radius 3 is 2.81 bits per heavy atom. The Bertz CT molecular complexity index is 1120. The van der Waals surface area contributed by atoms with Gasteiger partial charge in [-0.25, -0.2) is 9.50 Å². The van der Waals surface area contributed by atoms with E-state index in [0.29, 0.717) is 22.7 Å². The number of carbonyl (C=O) groups excluding carboxylic acids is 1. The number of ether oxygens (including phenoxy) is 1. The average Bonchev–Trinajstić information content (AvgIpc) is 3.16. The largest absolute Gasteiger partial charge is 0.495 e. The molecule has 7 heteroatoms. The number of methoxy groups -OCH3 is 1. The van der Waals surface area contributed by atoms with Gasteiger partial charge in [0.05, 0.1) is 25.3 Å². The smallest absolute Gasteiger partial charge is 0.172 e. The molecule has 0 saturated heterocycles. The molecular weight excluding hydrogens is 342 g/mol. The fourth-order valence-corrected chi connectivity index (χ4v) is 2.94. The number of carbonyl (C=O) groups is 1. The van der Waals surface area contributed by atoms with Crippen LogP contribution in [0.3, 0.4) is 0 Å². The van der Waals surface area contributed by atoms with E-state index in [0.717, 1.165) is 16.7 Å². The second-order valence-corrected chi connectivity index (χ2v) is 6.15. The van der Waals surface area contributed by atoms with Crippen LogP contribution < -0.4 is 4.74 Å². The van der Waals surface area contributed by atoms with Gasteiger partial charge in [-0.1, -0.05) is 0 Å². The lowest BCUT2D eigenvalue weighted by Gasteiger charge is -2.09. The molecule has 4 aromatic rings. The van der Waals surface area contributed by atoms with Crippen molar-refractivity contribution >= 4 is 11.4 Å². The van der Waals surface area contributed by atoms with Gasteiger partial charge in [0.15, 0.2) is 11.4 Å². The summed E-state index contributed by atoms with van der Waals surface area (Å²) in [5.74, 6) is 0.578. The van der Waals surface area contributed by atoms with E-state index in [1.165, 1.54) is 6.33 Å². The van der Waals surface area contributed by atoms with E-state index < -0.39 is 0 Å². The molecule has 0 bridgehead atoms. The van der Waals surface area contributed by atoms with Crippen LogP contribution in [0.1, 0.15) is 21.6 Å². The predicted octanol–water partition coefficient (Wildman–Crippen LogP) is 2.93. The van der Waals surface area contributed by atoms with E-state index in [1.807, 2.05) is 25.3 Å². The van der Waals surface area contributed by atoms with Crippen LogP contribution in [0.4, 0.5) is 0 Å². The molecule has 7 nitrogen and oxygen atoms in total. The summed E-state index contributed by atoms with van der Waals surface area (Å²) in [7, 11) is 1.58. The van der Waals surface area contributed by atoms with E-state index in [1.54, 1.807) is 42.3 Å². The van der Waals surface area contributed by atoms with Gasteiger partial charge in [-0.05, 0) is 36.8 Å². The number of hydrogen-bond acceptors (Lipinski definition) is 6. The van der Waals surface area contributed by atoms with Gasteiger partial charge in [-0.2, -0.15) is 5.10 Å². The molecule has 0 aliphatic rings. The second-order valence-electron chi connectivity index (χ2n) is 6.15. The standard InChI is InChI=1S/C20H17N5O2/c1-13-5-6-21-10-18(13)14-7-17(20-23-12-24-25(20)11-14)19(26)8-15-3-4-16(27-2)9-22-15/h3-7,9-12H,8H2,1-2H3. The minimum Gasteiger partial charge on any atom is -0.495 e. The summed E-state index contributed by atoms with van der Waals surface area (Å²) in [5, 5.41) is 4.21. The molecule has 4 heterocycles. The Morgan fingerprint density at radius 1 is 1.19 bits per heavy atom. The molecule has 0 N–H and O–H groups in total. The maximum absolute atomic E-state index is 13.0. The molecule has 134 valence electrons. The molecular formula is C20H17N5O2. The predicted molar refractivity (Wildman–Crippen MR) is 99.8 cm³/mol. The number of fused-ring (bicyclic) bond motifs is 1. The van der Waals surface area contributed by atoms with E-state index in [2.05, 4.69) is 20.1 Å². The van der Waals surface area contributed by atoms with Gasteiger partial charge >= 0.3 is 0 Å². The highest BCUT2D eigenvalue weighted by molar-refractivity contribution is 6.03. The molecule has 0 unspecified atom stereocenters. The first-order chi connectivity index (χ1) is 13.2. The van der Waals surface area contributed by atoms with Crippen LogP contribution in [0.25, 0.3) is 16.8 Å². The van der Waals surface area contributed by atoms with Gasteiger partial charge in [0.2, 0.25) is 0 Å². The van der Waals surface area contributed by atoms with Crippen molar-refractivity contribution in [1.29, 1.82) is 0 Å². The molecule has 0 amide bonds. The lowest BCUT2D eigenvalue weighted by atomic mass is 10.0. The Morgan fingerprint density at radius 2 is 2.07 bits per heavy atom. The van der Waals surface area contributed by atoms with Crippen LogP contribution in [0, 0.1) is 6.92 Å². The summed E-state index contributed by atoms with van der Waals surface area (Å²) in [6.45, 7) is 2.01. The van der Waals surface area contributed by atoms with E-state index in [4.69, 9.17) is 4.74 Å². The fraction of sp³-hybridized carbons (Fsp3) is 0.150. The lowest BCUT2D eigenvalue weighted by Crippen LogP contribution is -2.08. The second kappa shape index (κ2) is 6.95. The zero-order valence-electron chi connectivity index (χ0n) is 15.0. The molecule has 0 saturated carbocycles. The van der Waals surface area contributed by atoms with Gasteiger partial charge in [-0.3, -0.25) is 14.8 Å². The minimum absolute atomic E-state index is 0.0749. The Labute approximate surface area is 155 Å². The molecule has 27 heavy (non-hydrogen) atoms. The summed E-state index contributed by atoms with van der Waals surface area (Å²) >= 11 is 0. The molecule has 4 aromatic heterocycles. The first kappa shape index (κ1) is 16.8. The molecule has 4 rings (SSSR count). The quantitative estimate of drug-likeness (QED) is 0.510. The number of aryl methyl sites for hydroxylation is 1. The van der Waals surface area contributed by atoms with Gasteiger partial charge < -0.3 is 4.74 Å². The van der Waals surface area contributed by atoms with Gasteiger partial charge in [0.25, 0.3) is 0 Å². The van der Waals surface area contributed by atoms with Gasteiger partial charge in [-0.15, -0.1) is 0 Å². The monoisotopic (exact) mass is 359 g/mol. The van der Waals surface area contributed by atoms with Crippen LogP contribution >= 0.6 is 0 Å². The van der Waals surface area contributed by atoms with Crippen LogP contribution in [0.15, 0.2) is 55.4 Å². The SMILES string of the molecule is COc1ccc(CC(=O)c2cc(-c3cnccc3C)cn3ncnc23)nc1. The highest BCUT2D eigenvalue weighted by Gasteiger charge is 2.17. The number of rotatable bonds is 5. The zero-order chi connectivity index (χ0) is 18.8. The summed E-state index contributed by atoms with van der Waals surface area (Å²) < 4.78 is 6.73. The van der Waals surface area contributed by atoms with E-state index in [9.17, 15) is 4.79 Å². The van der Waals surface area contributed by atoms with Crippen LogP contribution in [-0.4, -0.2) is 37.5 Å². The highest BCUT2D eigenvalue weighted by Crippen LogP contribution is 2.25. The van der Waals surface area contributed by atoms with Gasteiger partial charge in [0.1, 0.15) is 12.1 Å². The first-order valence-electron chi connectivity index (χ1n) is 8.42. The summed E-state index contributed by atoms with van der Waals surface area (Å²) in [6, 6.07) is 7.36. The number of hydrogen-bond donors (Lipinski definition) is 0. The van der Waals surface area contributed by atoms with Crippen molar-refractivity contribution in [2.45, 2.75) is 13.3 Å². The number of ketones is 1. The van der Waals surface area contributed by atoms with Crippen molar-refractivity contribution < 1.29 is 9.53 Å². The Kier molecular flexibility index (Phi) is 4.33.